The summed E-state index contributed by atoms with van der Waals surface area (Å²) in [5.74, 6) is -1.91. The fraction of sp³-hybridized carbons (Fsp3) is 0.364. The molecule has 1 atom stereocenters. The Hall–Kier alpha value is -1.40. The van der Waals surface area contributed by atoms with E-state index in [1.807, 2.05) is 0 Å². The van der Waals surface area contributed by atoms with Crippen molar-refractivity contribution >= 4 is 23.3 Å². The predicted octanol–water partition coefficient (Wildman–Crippen LogP) is 2.51. The molecule has 3 N–H and O–H groups in total. The van der Waals surface area contributed by atoms with Crippen molar-refractivity contribution in [1.29, 1.82) is 0 Å². The lowest BCUT2D eigenvalue weighted by Gasteiger charge is -2.14. The molecule has 0 aliphatic carbocycles. The average molecular weight is 279 g/mol. The van der Waals surface area contributed by atoms with Gasteiger partial charge in [0.1, 0.15) is 5.69 Å². The van der Waals surface area contributed by atoms with Crippen LogP contribution in [0.2, 0.25) is 5.02 Å². The highest BCUT2D eigenvalue weighted by Crippen LogP contribution is 2.23. The van der Waals surface area contributed by atoms with Crippen LogP contribution < -0.4 is 10.6 Å². The summed E-state index contributed by atoms with van der Waals surface area (Å²) in [5, 5.41) is 13.0. The summed E-state index contributed by atoms with van der Waals surface area (Å²) in [6.07, 6.45) is 0.346. The number of hydrogen-bond donors (Lipinski definition) is 3. The van der Waals surface area contributed by atoms with Crippen LogP contribution in [-0.2, 0) is 0 Å². The minimum Gasteiger partial charge on any atom is -0.396 e. The zero-order valence-corrected chi connectivity index (χ0v) is 10.4. The number of carbonyl (C=O) groups excluding carboxylic acids is 1. The molecule has 0 aliphatic rings. The average Bonchev–Trinajstić information content (AvgIpc) is 2.23. The van der Waals surface area contributed by atoms with Gasteiger partial charge in [0, 0.05) is 17.7 Å². The molecule has 0 fully saturated rings. The van der Waals surface area contributed by atoms with Crippen molar-refractivity contribution < 1.29 is 18.7 Å². The molecular weight excluding hydrogens is 266 g/mol. The van der Waals surface area contributed by atoms with Gasteiger partial charge >= 0.3 is 6.03 Å². The molecule has 100 valence electrons. The molecule has 1 aromatic rings. The van der Waals surface area contributed by atoms with Gasteiger partial charge in [-0.15, -0.1) is 0 Å². The van der Waals surface area contributed by atoms with Gasteiger partial charge < -0.3 is 15.7 Å². The summed E-state index contributed by atoms with van der Waals surface area (Å²) >= 11 is 5.45. The summed E-state index contributed by atoms with van der Waals surface area (Å²) in [7, 11) is 0. The Kier molecular flexibility index (Phi) is 5.30. The van der Waals surface area contributed by atoms with Crippen LogP contribution in [0.5, 0.6) is 0 Å². The zero-order chi connectivity index (χ0) is 13.7. The second-order valence-corrected chi connectivity index (χ2v) is 4.19. The number of urea groups is 1. The van der Waals surface area contributed by atoms with Gasteiger partial charge in [0.05, 0.1) is 0 Å². The molecule has 1 aromatic carbocycles. The Morgan fingerprint density at radius 1 is 1.44 bits per heavy atom. The van der Waals surface area contributed by atoms with Crippen LogP contribution in [0.15, 0.2) is 12.1 Å². The Morgan fingerprint density at radius 2 is 2.00 bits per heavy atom. The van der Waals surface area contributed by atoms with Crippen molar-refractivity contribution in [3.63, 3.8) is 0 Å². The van der Waals surface area contributed by atoms with Crippen LogP contribution in [0.25, 0.3) is 0 Å². The smallest absolute Gasteiger partial charge is 0.319 e. The lowest BCUT2D eigenvalue weighted by molar-refractivity contribution is 0.241. The van der Waals surface area contributed by atoms with E-state index in [0.29, 0.717) is 6.42 Å². The molecule has 0 saturated carbocycles. The van der Waals surface area contributed by atoms with E-state index in [0.717, 1.165) is 12.1 Å². The van der Waals surface area contributed by atoms with Gasteiger partial charge in [0.2, 0.25) is 0 Å². The van der Waals surface area contributed by atoms with Crippen molar-refractivity contribution in [3.8, 4) is 0 Å². The lowest BCUT2D eigenvalue weighted by Crippen LogP contribution is -2.37. The number of aliphatic hydroxyl groups is 1. The van der Waals surface area contributed by atoms with E-state index in [1.54, 1.807) is 6.92 Å². The molecule has 1 unspecified atom stereocenters. The van der Waals surface area contributed by atoms with Gasteiger partial charge in [0.25, 0.3) is 0 Å². The maximum absolute atomic E-state index is 13.4. The van der Waals surface area contributed by atoms with Crippen molar-refractivity contribution in [2.24, 2.45) is 0 Å². The third kappa shape index (κ3) is 4.12. The molecule has 0 aromatic heterocycles. The number of amides is 2. The zero-order valence-electron chi connectivity index (χ0n) is 9.64. The third-order valence-electron chi connectivity index (χ3n) is 2.19. The first-order chi connectivity index (χ1) is 8.43. The highest BCUT2D eigenvalue weighted by atomic mass is 35.5. The highest BCUT2D eigenvalue weighted by molar-refractivity contribution is 6.30. The van der Waals surface area contributed by atoms with Crippen molar-refractivity contribution in [2.75, 3.05) is 11.9 Å². The summed E-state index contributed by atoms with van der Waals surface area (Å²) in [6, 6.07) is 0.735. The first-order valence-electron chi connectivity index (χ1n) is 5.27. The Bertz CT molecular complexity index is 420. The van der Waals surface area contributed by atoms with E-state index in [1.165, 1.54) is 0 Å². The largest absolute Gasteiger partial charge is 0.396 e. The molecule has 0 bridgehead atoms. The molecule has 0 saturated heterocycles. The molecule has 0 spiro atoms. The number of nitrogens with one attached hydrogen (secondary N) is 2. The predicted molar refractivity (Wildman–Crippen MR) is 64.7 cm³/mol. The molecule has 0 aliphatic heterocycles. The Balaban J connectivity index is 2.70. The molecule has 18 heavy (non-hydrogen) atoms. The molecule has 2 amide bonds. The summed E-state index contributed by atoms with van der Waals surface area (Å²) < 4.78 is 26.7. The number of anilines is 1. The SMILES string of the molecule is CC(CCO)NC(=O)Nc1c(F)cc(Cl)cc1F. The number of rotatable bonds is 4. The van der Waals surface area contributed by atoms with Gasteiger partial charge in [-0.3, -0.25) is 0 Å². The summed E-state index contributed by atoms with van der Waals surface area (Å²) in [6.45, 7) is 1.56. The van der Waals surface area contributed by atoms with Crippen LogP contribution in [0.4, 0.5) is 19.3 Å². The fourth-order valence-electron chi connectivity index (χ4n) is 1.30. The summed E-state index contributed by atoms with van der Waals surface area (Å²) in [5.41, 5.74) is -0.562. The van der Waals surface area contributed by atoms with Crippen LogP contribution in [0, 0.1) is 11.6 Å². The van der Waals surface area contributed by atoms with Gasteiger partial charge in [0.15, 0.2) is 11.6 Å². The van der Waals surface area contributed by atoms with Crippen molar-refractivity contribution in [1.82, 2.24) is 5.32 Å². The monoisotopic (exact) mass is 278 g/mol. The first-order valence-corrected chi connectivity index (χ1v) is 5.64. The Labute approximate surface area is 108 Å². The molecule has 0 radical (unpaired) electrons. The van der Waals surface area contributed by atoms with Crippen LogP contribution in [0.1, 0.15) is 13.3 Å². The van der Waals surface area contributed by atoms with E-state index in [2.05, 4.69) is 10.6 Å². The van der Waals surface area contributed by atoms with Crippen molar-refractivity contribution in [3.05, 3.63) is 28.8 Å². The standard InChI is InChI=1S/C11H13ClF2N2O2/c1-6(2-3-17)15-11(18)16-10-8(13)4-7(12)5-9(10)14/h4-6,17H,2-3H2,1H3,(H2,15,16,18). The minimum absolute atomic E-state index is 0.0921. The first kappa shape index (κ1) is 14.7. The maximum atomic E-state index is 13.4. The van der Waals surface area contributed by atoms with Gasteiger partial charge in [-0.1, -0.05) is 11.6 Å². The minimum atomic E-state index is -0.954. The van der Waals surface area contributed by atoms with Gasteiger partial charge in [-0.25, -0.2) is 13.6 Å². The topological polar surface area (TPSA) is 61.4 Å². The summed E-state index contributed by atoms with van der Waals surface area (Å²) in [4.78, 5) is 11.4. The Morgan fingerprint density at radius 3 is 2.50 bits per heavy atom. The molecule has 1 rings (SSSR count). The number of halogens is 3. The maximum Gasteiger partial charge on any atom is 0.319 e. The van der Waals surface area contributed by atoms with E-state index < -0.39 is 23.4 Å². The van der Waals surface area contributed by atoms with Crippen LogP contribution >= 0.6 is 11.6 Å². The third-order valence-corrected chi connectivity index (χ3v) is 2.40. The van der Waals surface area contributed by atoms with E-state index >= 15 is 0 Å². The number of carbonyl (C=O) groups is 1. The van der Waals surface area contributed by atoms with E-state index in [-0.39, 0.29) is 17.7 Å². The number of aliphatic hydroxyl groups excluding tert-OH is 1. The second kappa shape index (κ2) is 6.51. The molecule has 7 heteroatoms. The van der Waals surface area contributed by atoms with E-state index in [9.17, 15) is 13.6 Å². The normalized spacial score (nSPS) is 12.1. The second-order valence-electron chi connectivity index (χ2n) is 3.76. The number of hydrogen-bond acceptors (Lipinski definition) is 2. The molecule has 4 nitrogen and oxygen atoms in total. The van der Waals surface area contributed by atoms with Crippen molar-refractivity contribution in [2.45, 2.75) is 19.4 Å². The van der Waals surface area contributed by atoms with Gasteiger partial charge in [-0.05, 0) is 25.5 Å². The lowest BCUT2D eigenvalue weighted by atomic mass is 10.2. The molecule has 0 heterocycles. The van der Waals surface area contributed by atoms with Crippen LogP contribution in [-0.4, -0.2) is 23.8 Å². The van der Waals surface area contributed by atoms with Crippen LogP contribution in [0.3, 0.4) is 0 Å². The fourth-order valence-corrected chi connectivity index (χ4v) is 1.49. The highest BCUT2D eigenvalue weighted by Gasteiger charge is 2.14. The van der Waals surface area contributed by atoms with E-state index in [4.69, 9.17) is 16.7 Å². The number of benzene rings is 1. The molecular formula is C11H13ClF2N2O2. The quantitative estimate of drug-likeness (QED) is 0.792. The van der Waals surface area contributed by atoms with Gasteiger partial charge in [-0.2, -0.15) is 0 Å².